The van der Waals surface area contributed by atoms with E-state index in [-0.39, 0.29) is 13.0 Å². The maximum absolute atomic E-state index is 11.3. The van der Waals surface area contributed by atoms with E-state index in [4.69, 9.17) is 9.47 Å². The molecule has 0 aliphatic carbocycles. The lowest BCUT2D eigenvalue weighted by Crippen LogP contribution is -2.17. The predicted octanol–water partition coefficient (Wildman–Crippen LogP) is 2.38. The highest BCUT2D eigenvalue weighted by atomic mass is 16.5. The summed E-state index contributed by atoms with van der Waals surface area (Å²) in [7, 11) is 1.60. The average molecular weight is 280 g/mol. The lowest BCUT2D eigenvalue weighted by atomic mass is 10.2. The zero-order valence-corrected chi connectivity index (χ0v) is 11.9. The summed E-state index contributed by atoms with van der Waals surface area (Å²) in [5, 5.41) is 0. The first kappa shape index (κ1) is 16.0. The zero-order valence-electron chi connectivity index (χ0n) is 11.9. The molecule has 0 aromatic heterocycles. The van der Waals surface area contributed by atoms with Gasteiger partial charge in [0.15, 0.2) is 0 Å². The normalized spacial score (nSPS) is 9.90. The summed E-state index contributed by atoms with van der Waals surface area (Å²) in [5.41, 5.74) is 0. The van der Waals surface area contributed by atoms with Crippen molar-refractivity contribution < 1.29 is 23.8 Å². The molecule has 110 valence electrons. The van der Waals surface area contributed by atoms with E-state index in [0.29, 0.717) is 19.4 Å². The first-order chi connectivity index (χ1) is 9.67. The van der Waals surface area contributed by atoms with Gasteiger partial charge in [-0.1, -0.05) is 6.07 Å². The summed E-state index contributed by atoms with van der Waals surface area (Å²) >= 11 is 0. The molecule has 0 saturated carbocycles. The summed E-state index contributed by atoms with van der Waals surface area (Å²) < 4.78 is 15.2. The van der Waals surface area contributed by atoms with Gasteiger partial charge < -0.3 is 14.2 Å². The minimum Gasteiger partial charge on any atom is -0.497 e. The third-order valence-corrected chi connectivity index (χ3v) is 2.61. The van der Waals surface area contributed by atoms with Crippen LogP contribution in [0.25, 0.3) is 0 Å². The van der Waals surface area contributed by atoms with E-state index in [0.717, 1.165) is 11.5 Å². The number of ketones is 1. The maximum atomic E-state index is 11.3. The zero-order chi connectivity index (χ0) is 14.8. The maximum Gasteiger partial charge on any atom is 0.374 e. The van der Waals surface area contributed by atoms with Gasteiger partial charge in [0.1, 0.15) is 11.5 Å². The van der Waals surface area contributed by atoms with Crippen LogP contribution >= 0.6 is 0 Å². The van der Waals surface area contributed by atoms with Gasteiger partial charge in [0.25, 0.3) is 0 Å². The van der Waals surface area contributed by atoms with Gasteiger partial charge in [-0.3, -0.25) is 4.79 Å². The number of carbonyl (C=O) groups excluding carboxylic acids is 2. The molecule has 0 aliphatic rings. The first-order valence-electron chi connectivity index (χ1n) is 6.64. The van der Waals surface area contributed by atoms with E-state index in [2.05, 4.69) is 4.74 Å². The summed E-state index contributed by atoms with van der Waals surface area (Å²) in [6, 6.07) is 7.32. The van der Waals surface area contributed by atoms with Crippen LogP contribution in [0.1, 0.15) is 26.2 Å². The molecule has 5 nitrogen and oxygen atoms in total. The van der Waals surface area contributed by atoms with Crippen molar-refractivity contribution in [2.24, 2.45) is 0 Å². The van der Waals surface area contributed by atoms with Gasteiger partial charge in [-0.2, -0.15) is 0 Å². The second-order valence-corrected chi connectivity index (χ2v) is 4.13. The Kier molecular flexibility index (Phi) is 7.17. The van der Waals surface area contributed by atoms with E-state index < -0.39 is 11.8 Å². The number of methoxy groups -OCH3 is 1. The minimum atomic E-state index is -0.749. The van der Waals surface area contributed by atoms with Crippen molar-refractivity contribution in [3.05, 3.63) is 24.3 Å². The Bertz CT molecular complexity index is 442. The highest BCUT2D eigenvalue weighted by Gasteiger charge is 2.13. The highest BCUT2D eigenvalue weighted by Crippen LogP contribution is 2.19. The van der Waals surface area contributed by atoms with Crippen molar-refractivity contribution in [2.45, 2.75) is 26.2 Å². The Balaban J connectivity index is 2.18. The van der Waals surface area contributed by atoms with Crippen molar-refractivity contribution in [3.8, 4) is 11.5 Å². The SMILES string of the molecule is CCOC(=O)C(=O)CCCCOc1cccc(OC)c1. The molecule has 0 bridgehead atoms. The Hall–Kier alpha value is -2.04. The molecule has 1 aromatic carbocycles. The first-order valence-corrected chi connectivity index (χ1v) is 6.64. The van der Waals surface area contributed by atoms with Crippen LogP contribution in [0.3, 0.4) is 0 Å². The molecule has 0 heterocycles. The summed E-state index contributed by atoms with van der Waals surface area (Å²) in [4.78, 5) is 22.4. The van der Waals surface area contributed by atoms with Crippen LogP contribution in [-0.4, -0.2) is 32.1 Å². The number of Topliss-reactive ketones (excluding diaryl/α,β-unsaturated/α-hetero) is 1. The smallest absolute Gasteiger partial charge is 0.374 e. The standard InChI is InChI=1S/C15H20O5/c1-3-19-15(17)14(16)9-4-5-10-20-13-8-6-7-12(11-13)18-2/h6-8,11H,3-5,9-10H2,1-2H3. The summed E-state index contributed by atoms with van der Waals surface area (Å²) in [5.74, 6) is 0.232. The monoisotopic (exact) mass is 280 g/mol. The third kappa shape index (κ3) is 5.73. The molecule has 5 heteroatoms. The third-order valence-electron chi connectivity index (χ3n) is 2.61. The van der Waals surface area contributed by atoms with E-state index in [1.54, 1.807) is 20.1 Å². The molecule has 0 atom stereocenters. The Morgan fingerprint density at radius 1 is 1.15 bits per heavy atom. The Morgan fingerprint density at radius 2 is 1.90 bits per heavy atom. The number of esters is 1. The number of hydrogen-bond donors (Lipinski definition) is 0. The second-order valence-electron chi connectivity index (χ2n) is 4.13. The van der Waals surface area contributed by atoms with Crippen LogP contribution in [0.5, 0.6) is 11.5 Å². The molecule has 0 spiro atoms. The summed E-state index contributed by atoms with van der Waals surface area (Å²) in [6.07, 6.45) is 1.49. The Labute approximate surface area is 118 Å². The van der Waals surface area contributed by atoms with E-state index in [1.807, 2.05) is 18.2 Å². The van der Waals surface area contributed by atoms with E-state index >= 15 is 0 Å². The van der Waals surface area contributed by atoms with Crippen molar-refractivity contribution in [3.63, 3.8) is 0 Å². The lowest BCUT2D eigenvalue weighted by Gasteiger charge is -2.07. The van der Waals surface area contributed by atoms with Gasteiger partial charge in [-0.15, -0.1) is 0 Å². The van der Waals surface area contributed by atoms with Crippen molar-refractivity contribution >= 4 is 11.8 Å². The fourth-order valence-electron chi connectivity index (χ4n) is 1.58. The number of unbranched alkanes of at least 4 members (excludes halogenated alkanes) is 1. The molecule has 0 aliphatic heterocycles. The number of ether oxygens (including phenoxy) is 3. The van der Waals surface area contributed by atoms with Crippen LogP contribution in [0.2, 0.25) is 0 Å². The van der Waals surface area contributed by atoms with Crippen LogP contribution in [0.15, 0.2) is 24.3 Å². The van der Waals surface area contributed by atoms with Crippen LogP contribution in [-0.2, 0) is 14.3 Å². The molecular weight excluding hydrogens is 260 g/mol. The fraction of sp³-hybridized carbons (Fsp3) is 0.467. The van der Waals surface area contributed by atoms with Gasteiger partial charge >= 0.3 is 5.97 Å². The molecule has 0 fully saturated rings. The molecule has 0 unspecified atom stereocenters. The average Bonchev–Trinajstić information content (AvgIpc) is 2.47. The Morgan fingerprint density at radius 3 is 2.60 bits per heavy atom. The highest BCUT2D eigenvalue weighted by molar-refractivity contribution is 6.33. The molecule has 20 heavy (non-hydrogen) atoms. The predicted molar refractivity (Wildman–Crippen MR) is 74.0 cm³/mol. The molecule has 0 radical (unpaired) electrons. The molecule has 1 rings (SSSR count). The molecular formula is C15H20O5. The molecule has 0 saturated heterocycles. The van der Waals surface area contributed by atoms with Crippen LogP contribution in [0.4, 0.5) is 0 Å². The van der Waals surface area contributed by atoms with Crippen molar-refractivity contribution in [1.29, 1.82) is 0 Å². The van der Waals surface area contributed by atoms with Crippen LogP contribution < -0.4 is 9.47 Å². The van der Waals surface area contributed by atoms with Gasteiger partial charge in [0, 0.05) is 12.5 Å². The molecule has 1 aromatic rings. The van der Waals surface area contributed by atoms with Crippen LogP contribution in [0, 0.1) is 0 Å². The fourth-order valence-corrected chi connectivity index (χ4v) is 1.58. The number of rotatable bonds is 9. The molecule has 0 amide bonds. The number of carbonyl (C=O) groups is 2. The summed E-state index contributed by atoms with van der Waals surface area (Å²) in [6.45, 7) is 2.39. The van der Waals surface area contributed by atoms with Crippen molar-refractivity contribution in [2.75, 3.05) is 20.3 Å². The van der Waals surface area contributed by atoms with Gasteiger partial charge in [0.05, 0.1) is 20.3 Å². The topological polar surface area (TPSA) is 61.8 Å². The second kappa shape index (κ2) is 8.96. The van der Waals surface area contributed by atoms with Crippen molar-refractivity contribution in [1.82, 2.24) is 0 Å². The largest absolute Gasteiger partial charge is 0.497 e. The molecule has 0 N–H and O–H groups in total. The minimum absolute atomic E-state index is 0.195. The van der Waals surface area contributed by atoms with Gasteiger partial charge in [-0.25, -0.2) is 4.79 Å². The van der Waals surface area contributed by atoms with E-state index in [9.17, 15) is 9.59 Å². The lowest BCUT2D eigenvalue weighted by molar-refractivity contribution is -0.153. The van der Waals surface area contributed by atoms with Gasteiger partial charge in [-0.05, 0) is 31.9 Å². The van der Waals surface area contributed by atoms with E-state index in [1.165, 1.54) is 0 Å². The van der Waals surface area contributed by atoms with Gasteiger partial charge in [0.2, 0.25) is 5.78 Å². The number of hydrogen-bond acceptors (Lipinski definition) is 5. The number of benzene rings is 1. The quantitative estimate of drug-likeness (QED) is 0.395.